The Morgan fingerprint density at radius 2 is 2.23 bits per heavy atom. The lowest BCUT2D eigenvalue weighted by Crippen LogP contribution is -2.39. The van der Waals surface area contributed by atoms with Gasteiger partial charge in [0.2, 0.25) is 0 Å². The van der Waals surface area contributed by atoms with Crippen molar-refractivity contribution in [2.75, 3.05) is 19.6 Å². The molecule has 0 saturated carbocycles. The van der Waals surface area contributed by atoms with E-state index in [4.69, 9.17) is 0 Å². The van der Waals surface area contributed by atoms with Crippen LogP contribution < -0.4 is 10.6 Å². The summed E-state index contributed by atoms with van der Waals surface area (Å²) in [6.07, 6.45) is 8.55. The van der Waals surface area contributed by atoms with Gasteiger partial charge in [-0.05, 0) is 27.2 Å². The molecule has 0 aromatic carbocycles. The average molecular weight is 421 g/mol. The van der Waals surface area contributed by atoms with E-state index in [1.807, 2.05) is 33.2 Å². The number of guanidine groups is 1. The Morgan fingerprint density at radius 3 is 2.77 bits per heavy atom. The summed E-state index contributed by atoms with van der Waals surface area (Å²) >= 11 is 0. The topological polar surface area (TPSA) is 74.5 Å². The molecule has 1 atom stereocenters. The van der Waals surface area contributed by atoms with Gasteiger partial charge in [-0.2, -0.15) is 5.10 Å². The zero-order valence-electron chi connectivity index (χ0n) is 13.8. The number of nitrogens with zero attached hydrogens (tertiary/aromatic N) is 3. The molecule has 1 rings (SSSR count). The predicted octanol–water partition coefficient (Wildman–Crippen LogP) is 1.77. The Balaban J connectivity index is 0.00000441. The van der Waals surface area contributed by atoms with Gasteiger partial charge < -0.3 is 15.7 Å². The molecule has 0 saturated heterocycles. The molecule has 0 spiro atoms. The van der Waals surface area contributed by atoms with E-state index in [-0.39, 0.29) is 30.5 Å². The summed E-state index contributed by atoms with van der Waals surface area (Å²) in [6, 6.07) is 0. The summed E-state index contributed by atoms with van der Waals surface area (Å²) in [5.41, 5.74) is -0.265. The monoisotopic (exact) mass is 421 g/mol. The second-order valence-electron chi connectivity index (χ2n) is 5.16. The Bertz CT molecular complexity index is 482. The number of aromatic nitrogens is 2. The number of aliphatic hydroxyl groups is 1. The molecule has 0 radical (unpaired) electrons. The third-order valence-corrected chi connectivity index (χ3v) is 3.06. The molecule has 1 aromatic rings. The molecule has 0 aliphatic rings. The molecule has 0 fully saturated rings. The van der Waals surface area contributed by atoms with Gasteiger partial charge in [0, 0.05) is 31.9 Å². The van der Waals surface area contributed by atoms with E-state index < -0.39 is 5.60 Å². The first kappa shape index (κ1) is 20.9. The van der Waals surface area contributed by atoms with Crippen LogP contribution in [0.4, 0.5) is 0 Å². The highest BCUT2D eigenvalue weighted by Crippen LogP contribution is 2.19. The summed E-state index contributed by atoms with van der Waals surface area (Å²) in [7, 11) is 1.83. The lowest BCUT2D eigenvalue weighted by Gasteiger charge is -2.20. The fourth-order valence-corrected chi connectivity index (χ4v) is 1.81. The molecule has 1 heterocycles. The summed E-state index contributed by atoms with van der Waals surface area (Å²) in [5.74, 6) is 0.714. The van der Waals surface area contributed by atoms with E-state index in [1.165, 1.54) is 0 Å². The van der Waals surface area contributed by atoms with Gasteiger partial charge in [-0.25, -0.2) is 4.99 Å². The predicted molar refractivity (Wildman–Crippen MR) is 102 cm³/mol. The van der Waals surface area contributed by atoms with Crippen LogP contribution in [-0.2, 0) is 12.6 Å². The number of nitrogens with one attached hydrogen (secondary N) is 2. The Labute approximate surface area is 150 Å². The molecular formula is C15H28IN5O. The van der Waals surface area contributed by atoms with E-state index in [0.717, 1.165) is 25.1 Å². The Hall–Kier alpha value is -1.09. The fraction of sp³-hybridized carbons (Fsp3) is 0.600. The SMILES string of the molecule is C/C=C/CCNC(=NCC(C)(O)c1cnn(C)c1)NCC.I. The van der Waals surface area contributed by atoms with Crippen LogP contribution in [0.2, 0.25) is 0 Å². The van der Waals surface area contributed by atoms with Gasteiger partial charge in [0.05, 0.1) is 12.7 Å². The van der Waals surface area contributed by atoms with Crippen molar-refractivity contribution in [1.82, 2.24) is 20.4 Å². The van der Waals surface area contributed by atoms with Crippen LogP contribution in [0.1, 0.15) is 32.8 Å². The van der Waals surface area contributed by atoms with E-state index in [2.05, 4.69) is 26.8 Å². The van der Waals surface area contributed by atoms with Crippen LogP contribution in [0.25, 0.3) is 0 Å². The van der Waals surface area contributed by atoms with E-state index in [0.29, 0.717) is 5.96 Å². The minimum atomic E-state index is -1.03. The lowest BCUT2D eigenvalue weighted by molar-refractivity contribution is 0.0672. The first-order chi connectivity index (χ1) is 9.99. The highest BCUT2D eigenvalue weighted by Gasteiger charge is 2.24. The molecule has 0 bridgehead atoms. The number of aliphatic imine (C=N–C) groups is 1. The molecule has 126 valence electrons. The van der Waals surface area contributed by atoms with Gasteiger partial charge >= 0.3 is 0 Å². The lowest BCUT2D eigenvalue weighted by atomic mass is 10.0. The van der Waals surface area contributed by atoms with Crippen LogP contribution in [0.15, 0.2) is 29.5 Å². The van der Waals surface area contributed by atoms with Crippen LogP contribution >= 0.6 is 24.0 Å². The maximum atomic E-state index is 10.5. The standard InChI is InChI=1S/C15H27N5O.HI/c1-5-7-8-9-17-14(16-6-2)18-12-15(3,21)13-10-19-20(4)11-13;/h5,7,10-11,21H,6,8-9,12H2,1-4H3,(H2,16,17,18);1H/b7-5+;. The quantitative estimate of drug-likeness (QED) is 0.206. The number of aryl methyl sites for hydroxylation is 1. The Morgan fingerprint density at radius 1 is 1.50 bits per heavy atom. The number of halogens is 1. The molecular weight excluding hydrogens is 393 g/mol. The molecule has 0 amide bonds. The highest BCUT2D eigenvalue weighted by atomic mass is 127. The summed E-state index contributed by atoms with van der Waals surface area (Å²) < 4.78 is 1.67. The second kappa shape index (κ2) is 10.6. The minimum Gasteiger partial charge on any atom is -0.383 e. The van der Waals surface area contributed by atoms with Gasteiger partial charge in [-0.15, -0.1) is 24.0 Å². The molecule has 0 aliphatic carbocycles. The van der Waals surface area contributed by atoms with Crippen LogP contribution in [0.3, 0.4) is 0 Å². The minimum absolute atomic E-state index is 0. The normalized spacial score (nSPS) is 14.5. The third kappa shape index (κ3) is 7.26. The Kier molecular flexibility index (Phi) is 10.1. The van der Waals surface area contributed by atoms with Crippen molar-refractivity contribution in [3.63, 3.8) is 0 Å². The zero-order chi connectivity index (χ0) is 15.7. The second-order valence-corrected chi connectivity index (χ2v) is 5.16. The summed E-state index contributed by atoms with van der Waals surface area (Å²) in [6.45, 7) is 7.64. The highest BCUT2D eigenvalue weighted by molar-refractivity contribution is 14.0. The van der Waals surface area contributed by atoms with Crippen molar-refractivity contribution < 1.29 is 5.11 Å². The zero-order valence-corrected chi connectivity index (χ0v) is 16.2. The summed E-state index contributed by atoms with van der Waals surface area (Å²) in [5, 5.41) is 21.0. The smallest absolute Gasteiger partial charge is 0.191 e. The molecule has 22 heavy (non-hydrogen) atoms. The van der Waals surface area contributed by atoms with Gasteiger partial charge in [0.15, 0.2) is 5.96 Å². The first-order valence-electron chi connectivity index (χ1n) is 7.34. The average Bonchev–Trinajstić information content (AvgIpc) is 2.88. The van der Waals surface area contributed by atoms with Crippen molar-refractivity contribution in [2.45, 2.75) is 32.8 Å². The van der Waals surface area contributed by atoms with Crippen molar-refractivity contribution in [3.8, 4) is 0 Å². The number of rotatable bonds is 7. The number of hydrogen-bond donors (Lipinski definition) is 3. The van der Waals surface area contributed by atoms with Crippen molar-refractivity contribution in [2.24, 2.45) is 12.0 Å². The van der Waals surface area contributed by atoms with Crippen LogP contribution in [-0.4, -0.2) is 40.5 Å². The van der Waals surface area contributed by atoms with Crippen LogP contribution in [0, 0.1) is 0 Å². The molecule has 0 aliphatic heterocycles. The molecule has 1 unspecified atom stereocenters. The number of hydrogen-bond acceptors (Lipinski definition) is 3. The van der Waals surface area contributed by atoms with Crippen molar-refractivity contribution in [1.29, 1.82) is 0 Å². The molecule has 3 N–H and O–H groups in total. The molecule has 1 aromatic heterocycles. The van der Waals surface area contributed by atoms with Gasteiger partial charge in [-0.3, -0.25) is 4.68 Å². The van der Waals surface area contributed by atoms with Crippen molar-refractivity contribution >= 4 is 29.9 Å². The van der Waals surface area contributed by atoms with Crippen LogP contribution in [0.5, 0.6) is 0 Å². The van der Waals surface area contributed by atoms with Gasteiger partial charge in [0.1, 0.15) is 5.60 Å². The van der Waals surface area contributed by atoms with Gasteiger partial charge in [-0.1, -0.05) is 12.2 Å². The first-order valence-corrected chi connectivity index (χ1v) is 7.34. The maximum absolute atomic E-state index is 10.5. The largest absolute Gasteiger partial charge is 0.383 e. The molecule has 7 heteroatoms. The third-order valence-electron chi connectivity index (χ3n) is 3.06. The van der Waals surface area contributed by atoms with E-state index in [9.17, 15) is 5.11 Å². The van der Waals surface area contributed by atoms with E-state index >= 15 is 0 Å². The van der Waals surface area contributed by atoms with E-state index in [1.54, 1.807) is 17.8 Å². The summed E-state index contributed by atoms with van der Waals surface area (Å²) in [4.78, 5) is 4.45. The maximum Gasteiger partial charge on any atom is 0.191 e. The molecule has 6 nitrogen and oxygen atoms in total. The number of allylic oxidation sites excluding steroid dienone is 1. The fourth-order valence-electron chi connectivity index (χ4n) is 1.81. The van der Waals surface area contributed by atoms with Gasteiger partial charge in [0.25, 0.3) is 0 Å². The van der Waals surface area contributed by atoms with Crippen molar-refractivity contribution in [3.05, 3.63) is 30.1 Å².